The zero-order chi connectivity index (χ0) is 19.4. The molecule has 4 rings (SSSR count). The monoisotopic (exact) mass is 394 g/mol. The maximum absolute atomic E-state index is 13.4. The summed E-state index contributed by atoms with van der Waals surface area (Å²) in [5.74, 6) is 0.665. The lowest BCUT2D eigenvalue weighted by atomic mass is 9.75. The average molecular weight is 395 g/mol. The van der Waals surface area contributed by atoms with Crippen molar-refractivity contribution in [1.82, 2.24) is 18.8 Å². The van der Waals surface area contributed by atoms with Crippen LogP contribution in [-0.2, 0) is 14.8 Å². The normalized spacial score (nSPS) is 29.6. The number of hydrogen-bond donors (Lipinski definition) is 0. The second-order valence-electron chi connectivity index (χ2n) is 8.69. The van der Waals surface area contributed by atoms with Crippen LogP contribution in [0.25, 0.3) is 0 Å². The van der Waals surface area contributed by atoms with Gasteiger partial charge in [-0.1, -0.05) is 0 Å². The summed E-state index contributed by atoms with van der Waals surface area (Å²) < 4.78 is 28.7. The van der Waals surface area contributed by atoms with E-state index in [4.69, 9.17) is 0 Å². The molecule has 1 amide bonds. The molecule has 3 fully saturated rings. The highest BCUT2D eigenvalue weighted by molar-refractivity contribution is 7.89. The van der Waals surface area contributed by atoms with Gasteiger partial charge >= 0.3 is 0 Å². The molecule has 0 aromatic carbocycles. The minimum atomic E-state index is -3.34. The molecule has 1 aliphatic carbocycles. The molecule has 7 nitrogen and oxygen atoms in total. The average Bonchev–Trinajstić information content (AvgIpc) is 3.06. The number of carbonyl (C=O) groups is 1. The highest BCUT2D eigenvalue weighted by Crippen LogP contribution is 2.51. The number of amides is 1. The third kappa shape index (κ3) is 3.20. The number of aromatic nitrogens is 2. The van der Waals surface area contributed by atoms with E-state index < -0.39 is 15.4 Å². The van der Waals surface area contributed by atoms with Gasteiger partial charge < -0.3 is 9.47 Å². The first-order valence-electron chi connectivity index (χ1n) is 10.1. The Morgan fingerprint density at radius 1 is 1.33 bits per heavy atom. The predicted molar refractivity (Wildman–Crippen MR) is 103 cm³/mol. The molecule has 2 aliphatic heterocycles. The van der Waals surface area contributed by atoms with Gasteiger partial charge in [-0.05, 0) is 46.0 Å². The summed E-state index contributed by atoms with van der Waals surface area (Å²) >= 11 is 0. The Balaban J connectivity index is 1.68. The molecule has 1 spiro atoms. The minimum absolute atomic E-state index is 0.0657. The van der Waals surface area contributed by atoms with Crippen molar-refractivity contribution in [3.8, 4) is 0 Å². The van der Waals surface area contributed by atoms with Gasteiger partial charge in [0.1, 0.15) is 0 Å². The fourth-order valence-electron chi connectivity index (χ4n) is 4.57. The van der Waals surface area contributed by atoms with Crippen molar-refractivity contribution in [3.05, 3.63) is 18.2 Å². The van der Waals surface area contributed by atoms with Crippen LogP contribution in [0.3, 0.4) is 0 Å². The largest absolute Gasteiger partial charge is 0.342 e. The van der Waals surface area contributed by atoms with Crippen LogP contribution in [0.1, 0.15) is 57.7 Å². The first-order valence-corrected chi connectivity index (χ1v) is 11.7. The summed E-state index contributed by atoms with van der Waals surface area (Å²) in [7, 11) is -3.34. The second-order valence-corrected chi connectivity index (χ2v) is 10.9. The Hall–Kier alpha value is -1.41. The lowest BCUT2D eigenvalue weighted by Crippen LogP contribution is -2.41. The van der Waals surface area contributed by atoms with Gasteiger partial charge in [-0.2, -0.15) is 0 Å². The summed E-state index contributed by atoms with van der Waals surface area (Å²) in [5, 5.41) is 0. The van der Waals surface area contributed by atoms with Gasteiger partial charge in [0.15, 0.2) is 0 Å². The van der Waals surface area contributed by atoms with Gasteiger partial charge in [-0.15, -0.1) is 0 Å². The Kier molecular flexibility index (Phi) is 4.62. The quantitative estimate of drug-likeness (QED) is 0.738. The van der Waals surface area contributed by atoms with Gasteiger partial charge in [0, 0.05) is 44.3 Å². The van der Waals surface area contributed by atoms with E-state index in [1.807, 2.05) is 15.7 Å². The molecule has 3 heterocycles. The van der Waals surface area contributed by atoms with E-state index in [0.29, 0.717) is 25.4 Å². The maximum atomic E-state index is 13.4. The number of likely N-dealkylation sites (tertiary alicyclic amines) is 1. The van der Waals surface area contributed by atoms with E-state index in [1.54, 1.807) is 13.3 Å². The number of hydrogen-bond acceptors (Lipinski definition) is 4. The number of imidazole rings is 1. The molecule has 0 bridgehead atoms. The van der Waals surface area contributed by atoms with E-state index >= 15 is 0 Å². The maximum Gasteiger partial charge on any atom is 0.230 e. The van der Waals surface area contributed by atoms with Crippen LogP contribution in [0.4, 0.5) is 0 Å². The molecule has 2 saturated heterocycles. The first kappa shape index (κ1) is 18.9. The molecule has 27 heavy (non-hydrogen) atoms. The molecule has 150 valence electrons. The van der Waals surface area contributed by atoms with Crippen LogP contribution in [0.2, 0.25) is 0 Å². The zero-order valence-corrected chi connectivity index (χ0v) is 17.3. The van der Waals surface area contributed by atoms with Crippen LogP contribution >= 0.6 is 0 Å². The standard InChI is InChI=1S/C19H30N4O3S/c1-4-27(25,26)23-10-16(17-11-22(13-20-17)14(2)3)19(12-23)7-8-21(18(19)24)9-15-5-6-15/h11,13-16H,4-10,12H2,1-3H3/t16-,19+/m1/s1. The Morgan fingerprint density at radius 2 is 2.07 bits per heavy atom. The van der Waals surface area contributed by atoms with Crippen LogP contribution in [0.15, 0.2) is 12.5 Å². The van der Waals surface area contributed by atoms with Crippen molar-refractivity contribution in [2.45, 2.75) is 52.0 Å². The van der Waals surface area contributed by atoms with Crippen LogP contribution in [0, 0.1) is 11.3 Å². The molecule has 3 aliphatic rings. The van der Waals surface area contributed by atoms with E-state index in [1.165, 1.54) is 17.1 Å². The number of rotatable bonds is 6. The summed E-state index contributed by atoms with van der Waals surface area (Å²) in [4.78, 5) is 20.0. The third-order valence-electron chi connectivity index (χ3n) is 6.56. The van der Waals surface area contributed by atoms with Crippen molar-refractivity contribution >= 4 is 15.9 Å². The Labute approximate surface area is 161 Å². The van der Waals surface area contributed by atoms with Gasteiger partial charge in [-0.3, -0.25) is 4.79 Å². The van der Waals surface area contributed by atoms with Gasteiger partial charge in [0.05, 0.1) is 23.2 Å². The van der Waals surface area contributed by atoms with Gasteiger partial charge in [0.25, 0.3) is 0 Å². The van der Waals surface area contributed by atoms with Crippen LogP contribution < -0.4 is 0 Å². The van der Waals surface area contributed by atoms with Crippen molar-refractivity contribution in [2.75, 3.05) is 31.9 Å². The molecule has 2 atom stereocenters. The fraction of sp³-hybridized carbons (Fsp3) is 0.789. The zero-order valence-electron chi connectivity index (χ0n) is 16.5. The molecule has 0 N–H and O–H groups in total. The van der Waals surface area contributed by atoms with Crippen LogP contribution in [0.5, 0.6) is 0 Å². The highest BCUT2D eigenvalue weighted by Gasteiger charge is 2.59. The van der Waals surface area contributed by atoms with Crippen molar-refractivity contribution in [1.29, 1.82) is 0 Å². The molecule has 0 radical (unpaired) electrons. The van der Waals surface area contributed by atoms with E-state index in [-0.39, 0.29) is 23.6 Å². The van der Waals surface area contributed by atoms with Crippen molar-refractivity contribution < 1.29 is 13.2 Å². The predicted octanol–water partition coefficient (Wildman–Crippen LogP) is 1.84. The lowest BCUT2D eigenvalue weighted by molar-refractivity contribution is -0.136. The fourth-order valence-corrected chi connectivity index (χ4v) is 5.74. The third-order valence-corrected chi connectivity index (χ3v) is 8.36. The summed E-state index contributed by atoms with van der Waals surface area (Å²) in [6, 6.07) is 0.282. The van der Waals surface area contributed by atoms with E-state index in [9.17, 15) is 13.2 Å². The van der Waals surface area contributed by atoms with Gasteiger partial charge in [-0.25, -0.2) is 17.7 Å². The molecule has 8 heteroatoms. The molecule has 1 aromatic rings. The van der Waals surface area contributed by atoms with Crippen molar-refractivity contribution in [2.24, 2.45) is 11.3 Å². The molecule has 1 aromatic heterocycles. The van der Waals surface area contributed by atoms with E-state index in [0.717, 1.165) is 18.8 Å². The Morgan fingerprint density at radius 3 is 2.67 bits per heavy atom. The van der Waals surface area contributed by atoms with Gasteiger partial charge in [0.2, 0.25) is 15.9 Å². The number of carbonyl (C=O) groups excluding carboxylic acids is 1. The highest BCUT2D eigenvalue weighted by atomic mass is 32.2. The van der Waals surface area contributed by atoms with Crippen molar-refractivity contribution in [3.63, 3.8) is 0 Å². The SMILES string of the molecule is CCS(=O)(=O)N1C[C@H](c2cn(C(C)C)cn2)[C@]2(CCN(CC3CC3)C2=O)C1. The topological polar surface area (TPSA) is 75.5 Å². The number of sulfonamides is 1. The molecular formula is C19H30N4O3S. The second kappa shape index (κ2) is 6.58. The smallest absolute Gasteiger partial charge is 0.230 e. The molecular weight excluding hydrogens is 364 g/mol. The Bertz CT molecular complexity index is 830. The minimum Gasteiger partial charge on any atom is -0.342 e. The molecule has 0 unspecified atom stereocenters. The lowest BCUT2D eigenvalue weighted by Gasteiger charge is -2.28. The summed E-state index contributed by atoms with van der Waals surface area (Å²) in [6.45, 7) is 8.05. The summed E-state index contributed by atoms with van der Waals surface area (Å²) in [6.07, 6.45) is 6.92. The summed E-state index contributed by atoms with van der Waals surface area (Å²) in [5.41, 5.74) is 0.187. The number of nitrogens with zero attached hydrogens (tertiary/aromatic N) is 4. The van der Waals surface area contributed by atoms with Crippen LogP contribution in [-0.4, -0.2) is 65.0 Å². The first-order chi connectivity index (χ1) is 12.8. The molecule has 1 saturated carbocycles. The van der Waals surface area contributed by atoms with E-state index in [2.05, 4.69) is 18.8 Å².